The van der Waals surface area contributed by atoms with Gasteiger partial charge in [-0.25, -0.2) is 4.79 Å². The van der Waals surface area contributed by atoms with E-state index in [1.165, 1.54) is 12.1 Å². The number of thioether (sulfide) groups is 1. The van der Waals surface area contributed by atoms with Crippen LogP contribution in [0.5, 0.6) is 0 Å². The average molecular weight is 535 g/mol. The molecule has 1 atom stereocenters. The number of amides is 1. The summed E-state index contributed by atoms with van der Waals surface area (Å²) < 4.78 is 41.5. The second-order valence-electron chi connectivity index (χ2n) is 8.45. The number of halogens is 4. The van der Waals surface area contributed by atoms with Crippen molar-refractivity contribution >= 4 is 56.9 Å². The van der Waals surface area contributed by atoms with Crippen molar-refractivity contribution in [2.75, 3.05) is 6.54 Å². The molecule has 2 aliphatic heterocycles. The largest absolute Gasteiger partial charge is 0.480 e. The smallest absolute Gasteiger partial charge is 0.416 e. The number of rotatable bonds is 4. The number of aromatic amines is 1. The number of aliphatic carboxylic acids is 1. The van der Waals surface area contributed by atoms with Gasteiger partial charge in [-0.15, -0.1) is 0 Å². The lowest BCUT2D eigenvalue weighted by Crippen LogP contribution is -2.38. The van der Waals surface area contributed by atoms with Crippen molar-refractivity contribution in [3.8, 4) is 0 Å². The number of hydrogen-bond acceptors (Lipinski definition) is 5. The Morgan fingerprint density at radius 1 is 1.25 bits per heavy atom. The first-order chi connectivity index (χ1) is 17.1. The monoisotopic (exact) mass is 534 g/mol. The van der Waals surface area contributed by atoms with Crippen LogP contribution in [0, 0.1) is 0 Å². The summed E-state index contributed by atoms with van der Waals surface area (Å²) in [5.41, 5.74) is 0.684. The number of H-pyrrole nitrogens is 1. The molecule has 0 spiro atoms. The van der Waals surface area contributed by atoms with Crippen LogP contribution < -0.4 is 0 Å². The van der Waals surface area contributed by atoms with Gasteiger partial charge < -0.3 is 10.0 Å². The molecule has 3 aromatic rings. The van der Waals surface area contributed by atoms with E-state index in [0.717, 1.165) is 28.7 Å². The Kier molecular flexibility index (Phi) is 6.29. The Bertz CT molecular complexity index is 1450. The lowest BCUT2D eigenvalue weighted by atomic mass is 9.93. The van der Waals surface area contributed by atoms with Crippen LogP contribution >= 0.6 is 23.4 Å². The van der Waals surface area contributed by atoms with E-state index in [9.17, 15) is 27.9 Å². The number of alkyl halides is 3. The van der Waals surface area contributed by atoms with Gasteiger partial charge in [0, 0.05) is 17.0 Å². The molecule has 0 radical (unpaired) electrons. The molecular weight excluding hydrogens is 517 g/mol. The number of nitrogens with zero attached hydrogens (tertiary/aromatic N) is 3. The molecule has 1 fully saturated rings. The molecule has 0 unspecified atom stereocenters. The predicted molar refractivity (Wildman–Crippen MR) is 131 cm³/mol. The number of likely N-dealkylation sites (tertiary alicyclic amines) is 1. The van der Waals surface area contributed by atoms with Gasteiger partial charge >= 0.3 is 12.1 Å². The molecule has 1 amide bonds. The second kappa shape index (κ2) is 9.29. The highest BCUT2D eigenvalue weighted by atomic mass is 35.5. The third-order valence-corrected chi connectivity index (χ3v) is 7.54. The Balaban J connectivity index is 1.61. The first kappa shape index (κ1) is 24.4. The molecule has 7 nitrogen and oxygen atoms in total. The van der Waals surface area contributed by atoms with Gasteiger partial charge in [-0.2, -0.15) is 23.3 Å². The fourth-order valence-corrected chi connectivity index (χ4v) is 5.73. The highest BCUT2D eigenvalue weighted by molar-refractivity contribution is 8.18. The highest BCUT2D eigenvalue weighted by Gasteiger charge is 2.39. The number of allylic oxidation sites excluding steroid dienone is 1. The Morgan fingerprint density at radius 2 is 2.06 bits per heavy atom. The van der Waals surface area contributed by atoms with Crippen molar-refractivity contribution in [1.82, 2.24) is 15.1 Å². The van der Waals surface area contributed by atoms with Gasteiger partial charge in [-0.1, -0.05) is 23.7 Å². The number of carbonyl (C=O) groups excluding carboxylic acids is 1. The van der Waals surface area contributed by atoms with Gasteiger partial charge in [0.05, 0.1) is 22.2 Å². The molecule has 1 aromatic heterocycles. The molecule has 186 valence electrons. The van der Waals surface area contributed by atoms with Gasteiger partial charge in [0.25, 0.3) is 5.91 Å². The van der Waals surface area contributed by atoms with Crippen molar-refractivity contribution < 1.29 is 27.9 Å². The van der Waals surface area contributed by atoms with Gasteiger partial charge in [0.1, 0.15) is 6.04 Å². The van der Waals surface area contributed by atoms with Crippen molar-refractivity contribution in [1.29, 1.82) is 0 Å². The SMILES string of the molecule is O=C1N=C(N2CCC[C@H]2C(=O)O)SC1=C(Cc1ccc(Cl)cc1C(F)(F)F)c1ccc2[nH]ncc2c1. The molecule has 0 bridgehead atoms. The van der Waals surface area contributed by atoms with Gasteiger partial charge in [0.2, 0.25) is 0 Å². The quantitative estimate of drug-likeness (QED) is 0.437. The minimum Gasteiger partial charge on any atom is -0.480 e. The number of fused-ring (bicyclic) bond motifs is 1. The molecule has 12 heteroatoms. The number of hydrogen-bond donors (Lipinski definition) is 2. The molecule has 1 saturated heterocycles. The summed E-state index contributed by atoms with van der Waals surface area (Å²) in [6, 6.07) is 7.92. The van der Waals surface area contributed by atoms with Crippen molar-refractivity contribution in [3.63, 3.8) is 0 Å². The summed E-state index contributed by atoms with van der Waals surface area (Å²) in [5, 5.41) is 17.3. The van der Waals surface area contributed by atoms with E-state index in [0.29, 0.717) is 30.5 Å². The van der Waals surface area contributed by atoms with Crippen LogP contribution in [0.4, 0.5) is 13.2 Å². The molecular formula is C24H18ClF3N4O3S. The maximum absolute atomic E-state index is 13.8. The van der Waals surface area contributed by atoms with E-state index in [-0.39, 0.29) is 27.1 Å². The van der Waals surface area contributed by atoms with Crippen molar-refractivity contribution in [2.24, 2.45) is 4.99 Å². The normalized spacial score (nSPS) is 19.8. The lowest BCUT2D eigenvalue weighted by molar-refractivity contribution is -0.141. The predicted octanol–water partition coefficient (Wildman–Crippen LogP) is 5.37. The summed E-state index contributed by atoms with van der Waals surface area (Å²) in [6.45, 7) is 0.426. The second-order valence-corrected chi connectivity index (χ2v) is 9.86. The van der Waals surface area contributed by atoms with Crippen molar-refractivity contribution in [3.05, 3.63) is 69.2 Å². The van der Waals surface area contributed by atoms with Crippen LogP contribution in [0.3, 0.4) is 0 Å². The summed E-state index contributed by atoms with van der Waals surface area (Å²) in [7, 11) is 0. The number of aliphatic imine (C=N–C) groups is 1. The van der Waals surface area contributed by atoms with Crippen LogP contribution in [-0.4, -0.2) is 49.8 Å². The third-order valence-electron chi connectivity index (χ3n) is 6.18. The number of nitrogens with one attached hydrogen (secondary N) is 1. The molecule has 36 heavy (non-hydrogen) atoms. The molecule has 0 saturated carbocycles. The van der Waals surface area contributed by atoms with Gasteiger partial charge in [-0.3, -0.25) is 9.89 Å². The molecule has 0 aliphatic carbocycles. The van der Waals surface area contributed by atoms with Crippen LogP contribution in [0.25, 0.3) is 16.5 Å². The van der Waals surface area contributed by atoms with Crippen LogP contribution in [0.15, 0.2) is 52.5 Å². The average Bonchev–Trinajstić information content (AvgIpc) is 3.56. The molecule has 2 aromatic carbocycles. The highest BCUT2D eigenvalue weighted by Crippen LogP contribution is 2.41. The van der Waals surface area contributed by atoms with Crippen molar-refractivity contribution in [2.45, 2.75) is 31.5 Å². The first-order valence-corrected chi connectivity index (χ1v) is 12.1. The topological polar surface area (TPSA) is 98.6 Å². The number of aromatic nitrogens is 2. The Morgan fingerprint density at radius 3 is 2.81 bits per heavy atom. The number of amidine groups is 1. The lowest BCUT2D eigenvalue weighted by Gasteiger charge is -2.22. The van der Waals surface area contributed by atoms with E-state index < -0.39 is 29.7 Å². The summed E-state index contributed by atoms with van der Waals surface area (Å²) in [5.74, 6) is -1.63. The number of carboxylic acid groups (broad SMARTS) is 1. The molecule has 5 rings (SSSR count). The van der Waals surface area contributed by atoms with Gasteiger partial charge in [0.15, 0.2) is 5.17 Å². The van der Waals surface area contributed by atoms with E-state index in [1.807, 2.05) is 0 Å². The van der Waals surface area contributed by atoms with Crippen LogP contribution in [0.1, 0.15) is 29.5 Å². The fraction of sp³-hybridized carbons (Fsp3) is 0.250. The number of benzene rings is 2. The standard InChI is InChI=1S/C24H18ClF3N4O3S/c25-15-5-3-13(17(10-15)24(26,27)28)9-16(12-4-6-18-14(8-12)11-29-31-18)20-21(33)30-23(36-20)32-7-1-2-19(32)22(34)35/h3-6,8,10-11,19H,1-2,7,9H2,(H,29,31)(H,34,35)/t19-/m0/s1. The Hall–Kier alpha value is -3.31. The first-order valence-electron chi connectivity index (χ1n) is 10.9. The molecule has 2 aliphatic rings. The zero-order valence-electron chi connectivity index (χ0n) is 18.5. The summed E-state index contributed by atoms with van der Waals surface area (Å²) >= 11 is 6.85. The zero-order chi connectivity index (χ0) is 25.6. The van der Waals surface area contributed by atoms with Crippen LogP contribution in [-0.2, 0) is 22.2 Å². The summed E-state index contributed by atoms with van der Waals surface area (Å²) in [6.07, 6.45) is -2.23. The summed E-state index contributed by atoms with van der Waals surface area (Å²) in [4.78, 5) is 30.5. The van der Waals surface area contributed by atoms with E-state index in [4.69, 9.17) is 11.6 Å². The maximum atomic E-state index is 13.8. The number of carbonyl (C=O) groups is 2. The minimum atomic E-state index is -4.65. The van der Waals surface area contributed by atoms with E-state index >= 15 is 0 Å². The maximum Gasteiger partial charge on any atom is 0.416 e. The fourth-order valence-electron chi connectivity index (χ4n) is 4.46. The van der Waals surface area contributed by atoms with Gasteiger partial charge in [-0.05, 0) is 72.0 Å². The molecule has 3 heterocycles. The van der Waals surface area contributed by atoms with Crippen LogP contribution in [0.2, 0.25) is 5.02 Å². The van der Waals surface area contributed by atoms with E-state index in [2.05, 4.69) is 15.2 Å². The minimum absolute atomic E-state index is 0.0480. The Labute approximate surface area is 212 Å². The zero-order valence-corrected chi connectivity index (χ0v) is 20.0. The van der Waals surface area contributed by atoms with E-state index in [1.54, 1.807) is 29.3 Å². The number of carboxylic acids is 1. The third kappa shape index (κ3) is 4.60. The molecule has 2 N–H and O–H groups in total.